The van der Waals surface area contributed by atoms with Crippen LogP contribution in [0, 0.1) is 0 Å². The predicted octanol–water partition coefficient (Wildman–Crippen LogP) is 7.43. The van der Waals surface area contributed by atoms with Gasteiger partial charge in [-0.15, -0.1) is 0 Å². The molecular formula is C54H105NO16P-. The number of hydrogen-bond acceptors (Lipinski definition) is 16. The van der Waals surface area contributed by atoms with Crippen LogP contribution in [0.25, 0.3) is 0 Å². The molecule has 18 heteroatoms. The van der Waals surface area contributed by atoms with E-state index in [9.17, 15) is 60.2 Å². The lowest BCUT2D eigenvalue weighted by atomic mass is 9.84. The summed E-state index contributed by atoms with van der Waals surface area (Å²) in [4.78, 5) is 26.6. The highest BCUT2D eigenvalue weighted by Gasteiger charge is 2.54. The summed E-state index contributed by atoms with van der Waals surface area (Å²) in [6, 6.07) is -1.17. The number of amides is 1. The van der Waals surface area contributed by atoms with Gasteiger partial charge < -0.3 is 74.7 Å². The number of carbonyl (C=O) groups excluding carboxylic acids is 1. The first-order valence-corrected chi connectivity index (χ1v) is 30.4. The molecule has 0 aromatic rings. The Morgan fingerprint density at radius 3 is 1.29 bits per heavy atom. The lowest BCUT2D eigenvalue weighted by Crippen LogP contribution is -2.67. The SMILES string of the molecule is CCCCCCCCCCCCCCCCCCCCCCCC(=O)N[C@@H](COP(=O)([O-])O[C@@H]1[C@H](O)[C@H](O)[C@@H](O)[C@H](O)[C@H]1O[C@H]1O[C@H](CO)[C@@H](O)[C@H](O)[C@@H]1O)[C@H](O)CCCCCCCCCCCCCCC. The molecule has 72 heavy (non-hydrogen) atoms. The Bertz CT molecular complexity index is 1350. The van der Waals surface area contributed by atoms with E-state index in [-0.39, 0.29) is 18.7 Å². The zero-order valence-electron chi connectivity index (χ0n) is 44.7. The Morgan fingerprint density at radius 1 is 0.528 bits per heavy atom. The van der Waals surface area contributed by atoms with E-state index in [4.69, 9.17) is 18.5 Å². The molecule has 17 nitrogen and oxygen atoms in total. The van der Waals surface area contributed by atoms with E-state index in [2.05, 4.69) is 19.2 Å². The number of nitrogens with one attached hydrogen (secondary N) is 1. The van der Waals surface area contributed by atoms with Gasteiger partial charge in [0.05, 0.1) is 25.4 Å². The molecule has 1 aliphatic heterocycles. The van der Waals surface area contributed by atoms with Gasteiger partial charge in [0.15, 0.2) is 6.29 Å². The number of ether oxygens (including phenoxy) is 2. The number of rotatable bonds is 46. The summed E-state index contributed by atoms with van der Waals surface area (Å²) in [7, 11) is -5.56. The minimum atomic E-state index is -5.56. The molecule has 1 unspecified atom stereocenters. The summed E-state index contributed by atoms with van der Waals surface area (Å²) in [6.45, 7) is 2.88. The second-order valence-corrected chi connectivity index (χ2v) is 22.5. The third-order valence-electron chi connectivity index (χ3n) is 14.8. The molecular weight excluding hydrogens is 950 g/mol. The molecule has 2 fully saturated rings. The summed E-state index contributed by atoms with van der Waals surface area (Å²) in [5, 5.41) is 97.2. The molecule has 2 aliphatic rings. The number of hydrogen-bond donors (Lipinski definition) is 10. The van der Waals surface area contributed by atoms with Gasteiger partial charge in [-0.05, 0) is 12.8 Å². The van der Waals surface area contributed by atoms with E-state index < -0.39 is 101 Å². The average Bonchev–Trinajstić information content (AvgIpc) is 3.36. The fourth-order valence-corrected chi connectivity index (χ4v) is 10.9. The second kappa shape index (κ2) is 41.3. The topological polar surface area (TPSA) is 288 Å². The molecule has 0 radical (unpaired) electrons. The zero-order chi connectivity index (χ0) is 53.0. The van der Waals surface area contributed by atoms with E-state index in [1.54, 1.807) is 0 Å². The Balaban J connectivity index is 1.86. The quantitative estimate of drug-likeness (QED) is 0.0210. The van der Waals surface area contributed by atoms with Gasteiger partial charge in [-0.1, -0.05) is 226 Å². The first-order valence-electron chi connectivity index (χ1n) is 29.0. The van der Waals surface area contributed by atoms with Crippen LogP contribution in [0.3, 0.4) is 0 Å². The van der Waals surface area contributed by atoms with Crippen LogP contribution >= 0.6 is 7.82 Å². The van der Waals surface area contributed by atoms with Crippen LogP contribution in [0.2, 0.25) is 0 Å². The molecule has 428 valence electrons. The molecule has 0 spiro atoms. The fraction of sp³-hybridized carbons (Fsp3) is 0.981. The van der Waals surface area contributed by atoms with Crippen molar-refractivity contribution in [2.45, 2.75) is 324 Å². The van der Waals surface area contributed by atoms with Crippen molar-refractivity contribution in [3.05, 3.63) is 0 Å². The van der Waals surface area contributed by atoms with Crippen molar-refractivity contribution in [2.75, 3.05) is 13.2 Å². The van der Waals surface area contributed by atoms with E-state index in [0.29, 0.717) is 12.8 Å². The molecule has 1 saturated carbocycles. The van der Waals surface area contributed by atoms with Gasteiger partial charge in [0, 0.05) is 6.42 Å². The van der Waals surface area contributed by atoms with E-state index >= 15 is 0 Å². The Hall–Kier alpha value is -0.860. The smallest absolute Gasteiger partial charge is 0.268 e. The molecule has 14 atom stereocenters. The number of carbonyl (C=O) groups is 1. The molecule has 0 aromatic heterocycles. The van der Waals surface area contributed by atoms with Crippen molar-refractivity contribution < 1.29 is 78.7 Å². The highest BCUT2D eigenvalue weighted by Crippen LogP contribution is 2.44. The predicted molar refractivity (Wildman–Crippen MR) is 277 cm³/mol. The van der Waals surface area contributed by atoms with E-state index in [1.807, 2.05) is 0 Å². The van der Waals surface area contributed by atoms with Crippen molar-refractivity contribution in [3.8, 4) is 0 Å². The monoisotopic (exact) mass is 1050 g/mol. The minimum absolute atomic E-state index is 0.163. The van der Waals surface area contributed by atoms with Gasteiger partial charge in [-0.2, -0.15) is 0 Å². The minimum Gasteiger partial charge on any atom is -0.756 e. The Labute approximate surface area is 434 Å². The van der Waals surface area contributed by atoms with Gasteiger partial charge in [0.2, 0.25) is 5.91 Å². The van der Waals surface area contributed by atoms with Crippen molar-refractivity contribution in [2.24, 2.45) is 0 Å². The normalized spacial score (nSPS) is 27.4. The van der Waals surface area contributed by atoms with Crippen LogP contribution < -0.4 is 10.2 Å². The largest absolute Gasteiger partial charge is 0.756 e. The molecule has 1 heterocycles. The molecule has 1 aliphatic carbocycles. The number of unbranched alkanes of at least 4 members (excludes halogenated alkanes) is 32. The maximum absolute atomic E-state index is 13.4. The van der Waals surface area contributed by atoms with Gasteiger partial charge in [-0.3, -0.25) is 9.36 Å². The summed E-state index contributed by atoms with van der Waals surface area (Å²) in [5.74, 6) is -0.386. The number of phosphoric ester groups is 1. The van der Waals surface area contributed by atoms with Crippen LogP contribution in [0.5, 0.6) is 0 Å². The van der Waals surface area contributed by atoms with Crippen LogP contribution in [0.1, 0.15) is 245 Å². The fourth-order valence-electron chi connectivity index (χ4n) is 9.97. The van der Waals surface area contributed by atoms with Gasteiger partial charge in [0.25, 0.3) is 7.82 Å². The molecule has 0 aromatic carbocycles. The maximum Gasteiger partial charge on any atom is 0.268 e. The highest BCUT2D eigenvalue weighted by atomic mass is 31.2. The third-order valence-corrected chi connectivity index (χ3v) is 15.7. The lowest BCUT2D eigenvalue weighted by Gasteiger charge is -2.47. The molecule has 0 bridgehead atoms. The molecule has 1 saturated heterocycles. The molecule has 10 N–H and O–H groups in total. The summed E-state index contributed by atoms with van der Waals surface area (Å²) in [5.41, 5.74) is 0. The Kier molecular flexibility index (Phi) is 38.5. The zero-order valence-corrected chi connectivity index (χ0v) is 45.6. The molecule has 1 amide bonds. The van der Waals surface area contributed by atoms with Crippen LogP contribution in [-0.4, -0.2) is 145 Å². The van der Waals surface area contributed by atoms with Crippen molar-refractivity contribution in [3.63, 3.8) is 0 Å². The molecule has 2 rings (SSSR count). The standard InChI is InChI=1S/C54H106NO16P/c1-3-5-7-9-11-13-15-17-18-19-20-21-22-23-24-26-28-30-32-34-36-38-44(58)55-41(42(57)37-35-33-31-29-27-25-16-14-12-10-8-6-4-2)40-68-72(66,67)71-53-50(64)48(62)47(61)49(63)52(53)70-54-51(65)46(60)45(59)43(39-56)69-54/h41-43,45-54,56-57,59-65H,3-40H2,1-2H3,(H,55,58)(H,66,67)/p-1/t41-,42+,43+,45+,46-,47+,48+,49-,50+,51-,52+,53+,54+/m0/s1. The highest BCUT2D eigenvalue weighted by molar-refractivity contribution is 7.45. The van der Waals surface area contributed by atoms with Crippen molar-refractivity contribution in [1.82, 2.24) is 5.32 Å². The summed E-state index contributed by atoms with van der Waals surface area (Å²) in [6.07, 6.45) is 18.1. The van der Waals surface area contributed by atoms with Crippen LogP contribution in [0.4, 0.5) is 0 Å². The summed E-state index contributed by atoms with van der Waals surface area (Å²) >= 11 is 0. The van der Waals surface area contributed by atoms with Crippen molar-refractivity contribution >= 4 is 13.7 Å². The second-order valence-electron chi connectivity index (χ2n) is 21.2. The number of aliphatic hydroxyl groups is 9. The maximum atomic E-state index is 13.4. The van der Waals surface area contributed by atoms with Crippen molar-refractivity contribution in [1.29, 1.82) is 0 Å². The van der Waals surface area contributed by atoms with Crippen LogP contribution in [-0.2, 0) is 27.9 Å². The van der Waals surface area contributed by atoms with Gasteiger partial charge in [0.1, 0.15) is 61.0 Å². The van der Waals surface area contributed by atoms with Gasteiger partial charge in [-0.25, -0.2) is 0 Å². The summed E-state index contributed by atoms with van der Waals surface area (Å²) < 4.78 is 34.6. The third kappa shape index (κ3) is 28.5. The first-order chi connectivity index (χ1) is 34.7. The Morgan fingerprint density at radius 2 is 0.889 bits per heavy atom. The number of phosphoric acid groups is 1. The lowest BCUT2D eigenvalue weighted by molar-refractivity contribution is -0.341. The number of aliphatic hydroxyl groups excluding tert-OH is 9. The van der Waals surface area contributed by atoms with Crippen LogP contribution in [0.15, 0.2) is 0 Å². The van der Waals surface area contributed by atoms with Gasteiger partial charge >= 0.3 is 0 Å². The average molecular weight is 1060 g/mol. The van der Waals surface area contributed by atoms with E-state index in [1.165, 1.54) is 154 Å². The van der Waals surface area contributed by atoms with E-state index in [0.717, 1.165) is 51.4 Å². The first kappa shape index (κ1) is 67.3.